The third-order valence-corrected chi connectivity index (χ3v) is 3.29. The molecule has 1 atom stereocenters. The Labute approximate surface area is 118 Å². The van der Waals surface area contributed by atoms with Gasteiger partial charge in [-0.3, -0.25) is 4.79 Å². The third kappa shape index (κ3) is 3.39. The predicted molar refractivity (Wildman–Crippen MR) is 76.1 cm³/mol. The van der Waals surface area contributed by atoms with Crippen molar-refractivity contribution in [3.63, 3.8) is 0 Å². The van der Waals surface area contributed by atoms with Gasteiger partial charge >= 0.3 is 0 Å². The van der Waals surface area contributed by atoms with Gasteiger partial charge in [-0.2, -0.15) is 0 Å². The van der Waals surface area contributed by atoms with E-state index in [9.17, 15) is 9.18 Å². The lowest BCUT2D eigenvalue weighted by atomic mass is 10.1. The van der Waals surface area contributed by atoms with Gasteiger partial charge in [-0.1, -0.05) is 30.3 Å². The SMILES string of the molecule is N[C@@H](C(=O)Nc1ccc(F)cc1Br)c1ccccc1. The van der Waals surface area contributed by atoms with Crippen LogP contribution in [0.15, 0.2) is 53.0 Å². The summed E-state index contributed by atoms with van der Waals surface area (Å²) in [5, 5.41) is 2.66. The summed E-state index contributed by atoms with van der Waals surface area (Å²) in [5.41, 5.74) is 7.07. The van der Waals surface area contributed by atoms with Gasteiger partial charge in [0, 0.05) is 4.47 Å². The summed E-state index contributed by atoms with van der Waals surface area (Å²) in [4.78, 5) is 12.0. The van der Waals surface area contributed by atoms with Crippen molar-refractivity contribution >= 4 is 27.5 Å². The lowest BCUT2D eigenvalue weighted by Gasteiger charge is -2.13. The van der Waals surface area contributed by atoms with E-state index >= 15 is 0 Å². The van der Waals surface area contributed by atoms with Gasteiger partial charge in [0.1, 0.15) is 11.9 Å². The zero-order chi connectivity index (χ0) is 13.8. The van der Waals surface area contributed by atoms with Crippen LogP contribution in [-0.2, 0) is 4.79 Å². The molecule has 0 aromatic heterocycles. The van der Waals surface area contributed by atoms with E-state index in [4.69, 9.17) is 5.73 Å². The van der Waals surface area contributed by atoms with Gasteiger partial charge in [-0.05, 0) is 39.7 Å². The minimum atomic E-state index is -0.766. The van der Waals surface area contributed by atoms with Crippen LogP contribution in [0.4, 0.5) is 10.1 Å². The highest BCUT2D eigenvalue weighted by atomic mass is 79.9. The topological polar surface area (TPSA) is 55.1 Å². The number of hydrogen-bond acceptors (Lipinski definition) is 2. The number of halogens is 2. The second-order valence-corrected chi connectivity index (χ2v) is 4.86. The average Bonchev–Trinajstić information content (AvgIpc) is 2.42. The number of amides is 1. The van der Waals surface area contributed by atoms with Crippen molar-refractivity contribution in [2.75, 3.05) is 5.32 Å². The molecule has 0 spiro atoms. The molecule has 0 fully saturated rings. The Morgan fingerprint density at radius 2 is 1.89 bits per heavy atom. The quantitative estimate of drug-likeness (QED) is 0.911. The monoisotopic (exact) mass is 322 g/mol. The number of rotatable bonds is 3. The Morgan fingerprint density at radius 3 is 2.53 bits per heavy atom. The first kappa shape index (κ1) is 13.7. The largest absolute Gasteiger partial charge is 0.323 e. The molecule has 3 N–H and O–H groups in total. The van der Waals surface area contributed by atoms with Crippen molar-refractivity contribution in [3.05, 3.63) is 64.4 Å². The molecular formula is C14H12BrFN2O. The Kier molecular flexibility index (Phi) is 4.29. The van der Waals surface area contributed by atoms with Crippen LogP contribution in [0.2, 0.25) is 0 Å². The van der Waals surface area contributed by atoms with Crippen molar-refractivity contribution < 1.29 is 9.18 Å². The van der Waals surface area contributed by atoms with Gasteiger partial charge in [-0.15, -0.1) is 0 Å². The van der Waals surface area contributed by atoms with Gasteiger partial charge in [0.05, 0.1) is 5.69 Å². The normalized spacial score (nSPS) is 11.9. The summed E-state index contributed by atoms with van der Waals surface area (Å²) in [5.74, 6) is -0.726. The number of nitrogens with one attached hydrogen (secondary N) is 1. The molecule has 2 rings (SSSR count). The molecule has 0 saturated carbocycles. The molecule has 19 heavy (non-hydrogen) atoms. The maximum absolute atomic E-state index is 12.9. The number of hydrogen-bond donors (Lipinski definition) is 2. The van der Waals surface area contributed by atoms with E-state index in [1.165, 1.54) is 18.2 Å². The van der Waals surface area contributed by atoms with Crippen LogP contribution in [-0.4, -0.2) is 5.91 Å². The zero-order valence-corrected chi connectivity index (χ0v) is 11.5. The fourth-order valence-corrected chi connectivity index (χ4v) is 2.06. The molecule has 0 aliphatic rings. The highest BCUT2D eigenvalue weighted by Gasteiger charge is 2.16. The molecule has 0 bridgehead atoms. The summed E-state index contributed by atoms with van der Waals surface area (Å²) < 4.78 is 13.4. The van der Waals surface area contributed by atoms with E-state index in [0.717, 1.165) is 5.56 Å². The van der Waals surface area contributed by atoms with E-state index in [2.05, 4.69) is 21.2 Å². The van der Waals surface area contributed by atoms with Crippen molar-refractivity contribution in [2.45, 2.75) is 6.04 Å². The van der Waals surface area contributed by atoms with Crippen LogP contribution in [0, 0.1) is 5.82 Å². The molecule has 0 saturated heterocycles. The fraction of sp³-hybridized carbons (Fsp3) is 0.0714. The smallest absolute Gasteiger partial charge is 0.245 e. The summed E-state index contributed by atoms with van der Waals surface area (Å²) in [6.45, 7) is 0. The standard InChI is InChI=1S/C14H12BrFN2O/c15-11-8-10(16)6-7-12(11)18-14(19)13(17)9-4-2-1-3-5-9/h1-8,13H,17H2,(H,18,19)/t13-/m1/s1. The molecule has 0 aliphatic heterocycles. The van der Waals surface area contributed by atoms with Crippen molar-refractivity contribution in [2.24, 2.45) is 5.73 Å². The molecule has 98 valence electrons. The Hall–Kier alpha value is -1.72. The van der Waals surface area contributed by atoms with Crippen LogP contribution >= 0.6 is 15.9 Å². The fourth-order valence-electron chi connectivity index (χ4n) is 1.61. The lowest BCUT2D eigenvalue weighted by Crippen LogP contribution is -2.27. The Balaban J connectivity index is 2.13. The lowest BCUT2D eigenvalue weighted by molar-refractivity contribution is -0.117. The summed E-state index contributed by atoms with van der Waals surface area (Å²) in [6.07, 6.45) is 0. The van der Waals surface area contributed by atoms with Crippen molar-refractivity contribution in [3.8, 4) is 0 Å². The molecule has 5 heteroatoms. The van der Waals surface area contributed by atoms with Gasteiger partial charge in [0.2, 0.25) is 5.91 Å². The van der Waals surface area contributed by atoms with Crippen LogP contribution in [0.5, 0.6) is 0 Å². The van der Waals surface area contributed by atoms with E-state index in [-0.39, 0.29) is 11.7 Å². The highest BCUT2D eigenvalue weighted by Crippen LogP contribution is 2.24. The predicted octanol–water partition coefficient (Wildman–Crippen LogP) is 3.23. The van der Waals surface area contributed by atoms with E-state index in [1.54, 1.807) is 12.1 Å². The molecule has 0 radical (unpaired) electrons. The molecule has 0 unspecified atom stereocenters. The first-order valence-corrected chi connectivity index (χ1v) is 6.43. The second-order valence-electron chi connectivity index (χ2n) is 4.00. The van der Waals surface area contributed by atoms with E-state index < -0.39 is 6.04 Å². The number of benzene rings is 2. The highest BCUT2D eigenvalue weighted by molar-refractivity contribution is 9.10. The van der Waals surface area contributed by atoms with Gasteiger partial charge < -0.3 is 11.1 Å². The summed E-state index contributed by atoms with van der Waals surface area (Å²) in [6, 6.07) is 12.3. The van der Waals surface area contributed by atoms with Gasteiger partial charge in [0.25, 0.3) is 0 Å². The Morgan fingerprint density at radius 1 is 1.21 bits per heavy atom. The molecular weight excluding hydrogens is 311 g/mol. The van der Waals surface area contributed by atoms with Crippen LogP contribution in [0.1, 0.15) is 11.6 Å². The summed E-state index contributed by atoms with van der Waals surface area (Å²) in [7, 11) is 0. The summed E-state index contributed by atoms with van der Waals surface area (Å²) >= 11 is 3.19. The number of anilines is 1. The Bertz CT molecular complexity index is 589. The van der Waals surface area contributed by atoms with E-state index in [0.29, 0.717) is 10.2 Å². The molecule has 0 aliphatic carbocycles. The first-order chi connectivity index (χ1) is 9.08. The van der Waals surface area contributed by atoms with Crippen LogP contribution < -0.4 is 11.1 Å². The first-order valence-electron chi connectivity index (χ1n) is 5.64. The third-order valence-electron chi connectivity index (χ3n) is 2.63. The second kappa shape index (κ2) is 5.95. The molecule has 3 nitrogen and oxygen atoms in total. The van der Waals surface area contributed by atoms with Gasteiger partial charge in [-0.25, -0.2) is 4.39 Å². The number of carbonyl (C=O) groups is 1. The van der Waals surface area contributed by atoms with Crippen molar-refractivity contribution in [1.82, 2.24) is 0 Å². The maximum atomic E-state index is 12.9. The minimum absolute atomic E-state index is 0.349. The van der Waals surface area contributed by atoms with Crippen molar-refractivity contribution in [1.29, 1.82) is 0 Å². The maximum Gasteiger partial charge on any atom is 0.245 e. The van der Waals surface area contributed by atoms with Gasteiger partial charge in [0.15, 0.2) is 0 Å². The van der Waals surface area contributed by atoms with E-state index in [1.807, 2.05) is 18.2 Å². The molecule has 0 heterocycles. The number of nitrogens with two attached hydrogens (primary N) is 1. The van der Waals surface area contributed by atoms with Crippen LogP contribution in [0.3, 0.4) is 0 Å². The van der Waals surface area contributed by atoms with Crippen LogP contribution in [0.25, 0.3) is 0 Å². The molecule has 2 aromatic carbocycles. The molecule has 2 aromatic rings. The minimum Gasteiger partial charge on any atom is -0.323 e. The molecule has 1 amide bonds. The zero-order valence-electron chi connectivity index (χ0n) is 9.94. The number of carbonyl (C=O) groups excluding carboxylic acids is 1. The average molecular weight is 323 g/mol.